The number of halogens is 1. The van der Waals surface area contributed by atoms with Crippen LogP contribution in [-0.2, 0) is 0 Å². The number of nitrogens with zero attached hydrogens (tertiary/aromatic N) is 2. The van der Waals surface area contributed by atoms with Crippen LogP contribution in [0, 0.1) is 0 Å². The number of pyridine rings is 1. The molecule has 2 aromatic carbocycles. The molecule has 3 aromatic rings. The summed E-state index contributed by atoms with van der Waals surface area (Å²) < 4.78 is 0. The fourth-order valence-corrected chi connectivity index (χ4v) is 3.15. The molecule has 140 valence electrons. The van der Waals surface area contributed by atoms with Crippen molar-refractivity contribution in [2.24, 2.45) is 0 Å². The molecule has 0 aliphatic rings. The van der Waals surface area contributed by atoms with Gasteiger partial charge < -0.3 is 15.3 Å². The molecule has 5 nitrogen and oxygen atoms in total. The molecule has 0 aliphatic heterocycles. The number of carbonyl (C=O) groups is 1. The predicted octanol–water partition coefficient (Wildman–Crippen LogP) is 3.94. The fourth-order valence-electron chi connectivity index (χ4n) is 2.89. The van der Waals surface area contributed by atoms with Gasteiger partial charge in [0.15, 0.2) is 5.75 Å². The Balaban J connectivity index is 1.78. The van der Waals surface area contributed by atoms with Crippen LogP contribution in [-0.4, -0.2) is 48.1 Å². The highest BCUT2D eigenvalue weighted by atomic mass is 35.5. The van der Waals surface area contributed by atoms with E-state index in [1.165, 1.54) is 0 Å². The highest BCUT2D eigenvalue weighted by molar-refractivity contribution is 6.36. The summed E-state index contributed by atoms with van der Waals surface area (Å²) in [5.74, 6) is -0.135. The monoisotopic (exact) mass is 383 g/mol. The standard InChI is InChI=1S/C21H22ClN3O2/c1-25(2)12-4-11-24-21(27)15-8-6-14(7-9-15)17-13-16-5-3-10-23-19(16)20(26)18(17)22/h3,5-10,13,26H,4,11-12H2,1-2H3,(H,24,27). The minimum Gasteiger partial charge on any atom is -0.504 e. The Morgan fingerprint density at radius 3 is 2.67 bits per heavy atom. The van der Waals surface area contributed by atoms with E-state index in [9.17, 15) is 9.90 Å². The summed E-state index contributed by atoms with van der Waals surface area (Å²) >= 11 is 6.35. The van der Waals surface area contributed by atoms with Crippen LogP contribution in [0.2, 0.25) is 5.02 Å². The van der Waals surface area contributed by atoms with E-state index >= 15 is 0 Å². The van der Waals surface area contributed by atoms with Gasteiger partial charge in [0.2, 0.25) is 0 Å². The van der Waals surface area contributed by atoms with Crippen LogP contribution in [0.5, 0.6) is 5.75 Å². The van der Waals surface area contributed by atoms with Crippen molar-refractivity contribution in [2.75, 3.05) is 27.2 Å². The maximum atomic E-state index is 12.2. The van der Waals surface area contributed by atoms with Crippen molar-refractivity contribution in [1.82, 2.24) is 15.2 Å². The second kappa shape index (κ2) is 8.37. The number of carbonyl (C=O) groups excluding carboxylic acids is 1. The topological polar surface area (TPSA) is 65.5 Å². The SMILES string of the molecule is CN(C)CCCNC(=O)c1ccc(-c2cc3cccnc3c(O)c2Cl)cc1. The van der Waals surface area contributed by atoms with Crippen molar-refractivity contribution in [2.45, 2.75) is 6.42 Å². The van der Waals surface area contributed by atoms with Crippen molar-refractivity contribution in [3.63, 3.8) is 0 Å². The molecule has 1 aromatic heterocycles. The number of hydrogen-bond acceptors (Lipinski definition) is 4. The number of aromatic nitrogens is 1. The molecular weight excluding hydrogens is 362 g/mol. The van der Waals surface area contributed by atoms with E-state index in [2.05, 4.69) is 15.2 Å². The summed E-state index contributed by atoms with van der Waals surface area (Å²) in [4.78, 5) is 18.5. The van der Waals surface area contributed by atoms with Gasteiger partial charge in [-0.05, 0) is 56.9 Å². The van der Waals surface area contributed by atoms with Gasteiger partial charge in [0.1, 0.15) is 5.52 Å². The Hall–Kier alpha value is -2.63. The highest BCUT2D eigenvalue weighted by Gasteiger charge is 2.14. The Bertz CT molecular complexity index is 956. The van der Waals surface area contributed by atoms with Crippen molar-refractivity contribution in [3.05, 3.63) is 59.2 Å². The van der Waals surface area contributed by atoms with Crippen molar-refractivity contribution < 1.29 is 9.90 Å². The lowest BCUT2D eigenvalue weighted by molar-refractivity contribution is 0.0952. The molecule has 3 rings (SSSR count). The van der Waals surface area contributed by atoms with Crippen molar-refractivity contribution in [3.8, 4) is 16.9 Å². The zero-order valence-electron chi connectivity index (χ0n) is 15.4. The van der Waals surface area contributed by atoms with E-state index in [1.54, 1.807) is 18.3 Å². The Morgan fingerprint density at radius 2 is 1.96 bits per heavy atom. The van der Waals surface area contributed by atoms with Crippen LogP contribution in [0.25, 0.3) is 22.0 Å². The van der Waals surface area contributed by atoms with E-state index in [0.29, 0.717) is 23.2 Å². The summed E-state index contributed by atoms with van der Waals surface area (Å²) in [7, 11) is 4.01. The molecule has 0 atom stereocenters. The number of hydrogen-bond donors (Lipinski definition) is 2. The van der Waals surface area contributed by atoms with Crippen molar-refractivity contribution >= 4 is 28.4 Å². The Labute approximate surface area is 163 Å². The zero-order chi connectivity index (χ0) is 19.4. The third-order valence-electron chi connectivity index (χ3n) is 4.33. The van der Waals surface area contributed by atoms with Crippen molar-refractivity contribution in [1.29, 1.82) is 0 Å². The summed E-state index contributed by atoms with van der Waals surface area (Å²) in [5, 5.41) is 14.3. The average molecular weight is 384 g/mol. The molecule has 0 aliphatic carbocycles. The van der Waals surface area contributed by atoms with Gasteiger partial charge >= 0.3 is 0 Å². The van der Waals surface area contributed by atoms with Gasteiger partial charge in [0.05, 0.1) is 5.02 Å². The first-order valence-electron chi connectivity index (χ1n) is 8.77. The number of rotatable bonds is 6. The molecule has 0 bridgehead atoms. The number of amides is 1. The smallest absolute Gasteiger partial charge is 0.251 e. The first kappa shape index (κ1) is 19.1. The van der Waals surface area contributed by atoms with Gasteiger partial charge in [-0.2, -0.15) is 0 Å². The van der Waals surface area contributed by atoms with Gasteiger partial charge in [-0.25, -0.2) is 0 Å². The number of fused-ring (bicyclic) bond motifs is 1. The van der Waals surface area contributed by atoms with E-state index in [-0.39, 0.29) is 16.7 Å². The minimum atomic E-state index is -0.100. The molecule has 0 radical (unpaired) electrons. The van der Waals surface area contributed by atoms with Gasteiger partial charge in [-0.15, -0.1) is 0 Å². The molecular formula is C21H22ClN3O2. The third kappa shape index (κ3) is 4.38. The van der Waals surface area contributed by atoms with E-state index in [4.69, 9.17) is 11.6 Å². The summed E-state index contributed by atoms with van der Waals surface area (Å²) in [6.07, 6.45) is 2.51. The summed E-state index contributed by atoms with van der Waals surface area (Å²) in [6, 6.07) is 12.8. The van der Waals surface area contributed by atoms with Gasteiger partial charge in [0, 0.05) is 29.3 Å². The second-order valence-corrected chi connectivity index (χ2v) is 7.03. The lowest BCUT2D eigenvalue weighted by Crippen LogP contribution is -2.27. The number of phenols is 1. The quantitative estimate of drug-likeness (QED) is 0.633. The molecule has 0 spiro atoms. The maximum Gasteiger partial charge on any atom is 0.251 e. The molecule has 0 unspecified atom stereocenters. The largest absolute Gasteiger partial charge is 0.504 e. The van der Waals surface area contributed by atoms with Crippen LogP contribution >= 0.6 is 11.6 Å². The summed E-state index contributed by atoms with van der Waals surface area (Å²) in [5.41, 5.74) is 2.59. The number of nitrogens with one attached hydrogen (secondary N) is 1. The minimum absolute atomic E-state index is 0.0347. The lowest BCUT2D eigenvalue weighted by Gasteiger charge is -2.11. The molecule has 0 saturated heterocycles. The highest BCUT2D eigenvalue weighted by Crippen LogP contribution is 2.39. The molecule has 0 saturated carbocycles. The van der Waals surface area contributed by atoms with Crippen LogP contribution in [0.4, 0.5) is 0 Å². The lowest BCUT2D eigenvalue weighted by atomic mass is 10.0. The van der Waals surface area contributed by atoms with Gasteiger partial charge in [-0.1, -0.05) is 29.8 Å². The molecule has 2 N–H and O–H groups in total. The Morgan fingerprint density at radius 1 is 1.22 bits per heavy atom. The first-order valence-corrected chi connectivity index (χ1v) is 9.14. The molecule has 0 fully saturated rings. The average Bonchev–Trinajstić information content (AvgIpc) is 2.68. The molecule has 1 amide bonds. The van der Waals surface area contributed by atoms with Crippen LogP contribution in [0.15, 0.2) is 48.7 Å². The Kier molecular flexibility index (Phi) is 5.94. The predicted molar refractivity (Wildman–Crippen MR) is 109 cm³/mol. The summed E-state index contributed by atoms with van der Waals surface area (Å²) in [6.45, 7) is 1.56. The maximum absolute atomic E-state index is 12.2. The second-order valence-electron chi connectivity index (χ2n) is 6.65. The fraction of sp³-hybridized carbons (Fsp3) is 0.238. The molecule has 27 heavy (non-hydrogen) atoms. The number of benzene rings is 2. The third-order valence-corrected chi connectivity index (χ3v) is 4.72. The van der Waals surface area contributed by atoms with Crippen LogP contribution < -0.4 is 5.32 Å². The van der Waals surface area contributed by atoms with Gasteiger partial charge in [0.25, 0.3) is 5.91 Å². The van der Waals surface area contributed by atoms with Crippen LogP contribution in [0.3, 0.4) is 0 Å². The van der Waals surface area contributed by atoms with E-state index in [1.807, 2.05) is 44.4 Å². The molecule has 1 heterocycles. The van der Waals surface area contributed by atoms with Gasteiger partial charge in [-0.3, -0.25) is 9.78 Å². The first-order chi connectivity index (χ1) is 13.0. The van der Waals surface area contributed by atoms with E-state index < -0.39 is 0 Å². The van der Waals surface area contributed by atoms with E-state index in [0.717, 1.165) is 23.9 Å². The number of phenolic OH excluding ortho intramolecular Hbond substituents is 1. The zero-order valence-corrected chi connectivity index (χ0v) is 16.1. The number of aromatic hydroxyl groups is 1. The van der Waals surface area contributed by atoms with Crippen LogP contribution in [0.1, 0.15) is 16.8 Å². The molecule has 6 heteroatoms. The normalized spacial score (nSPS) is 11.1.